The highest BCUT2D eigenvalue weighted by atomic mass is 79.9. The van der Waals surface area contributed by atoms with Gasteiger partial charge in [0.15, 0.2) is 0 Å². The molecule has 16 heavy (non-hydrogen) atoms. The van der Waals surface area contributed by atoms with Crippen molar-refractivity contribution < 1.29 is 0 Å². The van der Waals surface area contributed by atoms with Crippen LogP contribution < -0.4 is 11.1 Å². The third kappa shape index (κ3) is 2.49. The zero-order valence-electron chi connectivity index (χ0n) is 8.74. The molecule has 2 aromatic rings. The van der Waals surface area contributed by atoms with Gasteiger partial charge in [0.05, 0.1) is 16.4 Å². The van der Waals surface area contributed by atoms with Crippen molar-refractivity contribution >= 4 is 33.3 Å². The lowest BCUT2D eigenvalue weighted by atomic mass is 10.3. The van der Waals surface area contributed by atoms with Gasteiger partial charge in [-0.05, 0) is 40.5 Å². The molecule has 0 aliphatic rings. The quantitative estimate of drug-likeness (QED) is 0.887. The minimum absolute atomic E-state index is 0.620. The molecular formula is C11H11BrN4. The average molecular weight is 279 g/mol. The van der Waals surface area contributed by atoms with E-state index in [1.165, 1.54) is 0 Å². The molecule has 0 saturated carbocycles. The fraction of sp³-hybridized carbons (Fsp3) is 0.0909. The second-order valence-electron chi connectivity index (χ2n) is 3.44. The number of pyridine rings is 2. The van der Waals surface area contributed by atoms with E-state index in [1.807, 2.05) is 19.1 Å². The lowest BCUT2D eigenvalue weighted by Crippen LogP contribution is -1.98. The molecular weight excluding hydrogens is 268 g/mol. The van der Waals surface area contributed by atoms with Gasteiger partial charge in [-0.2, -0.15) is 0 Å². The van der Waals surface area contributed by atoms with Gasteiger partial charge >= 0.3 is 0 Å². The maximum absolute atomic E-state index is 5.60. The van der Waals surface area contributed by atoms with Crippen LogP contribution in [0.3, 0.4) is 0 Å². The summed E-state index contributed by atoms with van der Waals surface area (Å²) in [5.41, 5.74) is 7.34. The Kier molecular flexibility index (Phi) is 3.05. The van der Waals surface area contributed by atoms with E-state index in [2.05, 4.69) is 31.2 Å². The van der Waals surface area contributed by atoms with Crippen LogP contribution in [-0.2, 0) is 0 Å². The second kappa shape index (κ2) is 4.49. The fourth-order valence-electron chi connectivity index (χ4n) is 1.21. The van der Waals surface area contributed by atoms with E-state index in [1.54, 1.807) is 18.5 Å². The van der Waals surface area contributed by atoms with Crippen molar-refractivity contribution in [3.8, 4) is 0 Å². The van der Waals surface area contributed by atoms with E-state index in [0.29, 0.717) is 11.5 Å². The normalized spacial score (nSPS) is 10.1. The van der Waals surface area contributed by atoms with E-state index < -0.39 is 0 Å². The summed E-state index contributed by atoms with van der Waals surface area (Å²) in [7, 11) is 0. The van der Waals surface area contributed by atoms with Crippen molar-refractivity contribution in [1.82, 2.24) is 9.97 Å². The van der Waals surface area contributed by atoms with Gasteiger partial charge in [0.25, 0.3) is 0 Å². The Morgan fingerprint density at radius 1 is 1.25 bits per heavy atom. The number of nitrogens with one attached hydrogen (secondary N) is 1. The summed E-state index contributed by atoms with van der Waals surface area (Å²) < 4.78 is 0.815. The molecule has 2 aromatic heterocycles. The molecule has 0 unspecified atom stereocenters. The highest BCUT2D eigenvalue weighted by Crippen LogP contribution is 2.24. The van der Waals surface area contributed by atoms with Crippen LogP contribution in [-0.4, -0.2) is 9.97 Å². The fourth-order valence-corrected chi connectivity index (χ4v) is 1.67. The minimum Gasteiger partial charge on any atom is -0.397 e. The molecule has 2 heterocycles. The smallest absolute Gasteiger partial charge is 0.145 e. The van der Waals surface area contributed by atoms with Gasteiger partial charge < -0.3 is 11.1 Å². The maximum Gasteiger partial charge on any atom is 0.145 e. The van der Waals surface area contributed by atoms with E-state index in [-0.39, 0.29) is 0 Å². The van der Waals surface area contributed by atoms with Crippen molar-refractivity contribution in [1.29, 1.82) is 0 Å². The Hall–Kier alpha value is -1.62. The molecule has 82 valence electrons. The number of hydrogen-bond acceptors (Lipinski definition) is 4. The standard InChI is InChI=1S/C11H11BrN4/c1-7-2-3-10(14-5-7)16-11-9(12)4-8(13)6-15-11/h2-6H,13H2,1H3,(H,14,15,16). The molecule has 0 spiro atoms. The first kappa shape index (κ1) is 10.9. The summed E-state index contributed by atoms with van der Waals surface area (Å²) in [5, 5.41) is 3.10. The van der Waals surface area contributed by atoms with Crippen LogP contribution in [0.15, 0.2) is 35.1 Å². The molecule has 0 aliphatic carbocycles. The topological polar surface area (TPSA) is 63.8 Å². The Bertz CT molecular complexity index is 496. The molecule has 0 aliphatic heterocycles. The van der Waals surface area contributed by atoms with Crippen molar-refractivity contribution in [2.75, 3.05) is 11.1 Å². The minimum atomic E-state index is 0.620. The van der Waals surface area contributed by atoms with Gasteiger partial charge in [-0.15, -0.1) is 0 Å². The number of aromatic nitrogens is 2. The Balaban J connectivity index is 2.23. The molecule has 0 aromatic carbocycles. The zero-order chi connectivity index (χ0) is 11.5. The number of halogens is 1. The second-order valence-corrected chi connectivity index (χ2v) is 4.30. The average Bonchev–Trinajstić information content (AvgIpc) is 2.25. The number of nitrogen functional groups attached to an aromatic ring is 1. The van der Waals surface area contributed by atoms with Crippen LogP contribution in [0.5, 0.6) is 0 Å². The van der Waals surface area contributed by atoms with Crippen molar-refractivity contribution in [3.63, 3.8) is 0 Å². The molecule has 3 N–H and O–H groups in total. The van der Waals surface area contributed by atoms with Crippen LogP contribution in [0, 0.1) is 6.92 Å². The van der Waals surface area contributed by atoms with Crippen molar-refractivity contribution in [2.24, 2.45) is 0 Å². The van der Waals surface area contributed by atoms with Gasteiger partial charge in [0.2, 0.25) is 0 Å². The SMILES string of the molecule is Cc1ccc(Nc2ncc(N)cc2Br)nc1. The summed E-state index contributed by atoms with van der Waals surface area (Å²) in [6.07, 6.45) is 3.40. The monoisotopic (exact) mass is 278 g/mol. The van der Waals surface area contributed by atoms with Gasteiger partial charge in [-0.1, -0.05) is 6.07 Å². The van der Waals surface area contributed by atoms with Crippen LogP contribution >= 0.6 is 15.9 Å². The van der Waals surface area contributed by atoms with Crippen LogP contribution in [0.1, 0.15) is 5.56 Å². The van der Waals surface area contributed by atoms with E-state index >= 15 is 0 Å². The summed E-state index contributed by atoms with van der Waals surface area (Å²) in [5.74, 6) is 1.45. The van der Waals surface area contributed by atoms with Gasteiger partial charge in [-0.3, -0.25) is 0 Å². The molecule has 0 fully saturated rings. The molecule has 0 bridgehead atoms. The zero-order valence-corrected chi connectivity index (χ0v) is 10.3. The van der Waals surface area contributed by atoms with E-state index in [9.17, 15) is 0 Å². The molecule has 4 nitrogen and oxygen atoms in total. The summed E-state index contributed by atoms with van der Waals surface area (Å²) >= 11 is 3.39. The number of nitrogens with two attached hydrogens (primary N) is 1. The summed E-state index contributed by atoms with van der Waals surface area (Å²) in [4.78, 5) is 8.41. The van der Waals surface area contributed by atoms with Crippen molar-refractivity contribution in [3.05, 3.63) is 40.6 Å². The predicted octanol–water partition coefficient (Wildman–Crippen LogP) is 2.87. The lowest BCUT2D eigenvalue weighted by molar-refractivity contribution is 1.22. The summed E-state index contributed by atoms with van der Waals surface area (Å²) in [6, 6.07) is 5.68. The molecule has 0 amide bonds. The Morgan fingerprint density at radius 3 is 2.69 bits per heavy atom. The summed E-state index contributed by atoms with van der Waals surface area (Å²) in [6.45, 7) is 1.99. The Labute approximate surface area is 102 Å². The number of rotatable bonds is 2. The third-order valence-electron chi connectivity index (χ3n) is 2.02. The molecule has 0 saturated heterocycles. The highest BCUT2D eigenvalue weighted by molar-refractivity contribution is 9.10. The first-order valence-corrected chi connectivity index (χ1v) is 5.55. The number of anilines is 3. The first-order valence-electron chi connectivity index (χ1n) is 4.76. The Morgan fingerprint density at radius 2 is 2.06 bits per heavy atom. The molecule has 0 atom stereocenters. The lowest BCUT2D eigenvalue weighted by Gasteiger charge is -2.07. The third-order valence-corrected chi connectivity index (χ3v) is 2.62. The highest BCUT2D eigenvalue weighted by Gasteiger charge is 2.02. The number of nitrogens with zero attached hydrogens (tertiary/aromatic N) is 2. The molecule has 0 radical (unpaired) electrons. The van der Waals surface area contributed by atoms with Crippen LogP contribution in [0.25, 0.3) is 0 Å². The first-order chi connectivity index (χ1) is 7.65. The van der Waals surface area contributed by atoms with Gasteiger partial charge in [0, 0.05) is 6.20 Å². The van der Waals surface area contributed by atoms with E-state index in [0.717, 1.165) is 15.9 Å². The van der Waals surface area contributed by atoms with E-state index in [4.69, 9.17) is 5.73 Å². The van der Waals surface area contributed by atoms with Crippen LogP contribution in [0.4, 0.5) is 17.3 Å². The van der Waals surface area contributed by atoms with Crippen LogP contribution in [0.2, 0.25) is 0 Å². The molecule has 2 rings (SSSR count). The largest absolute Gasteiger partial charge is 0.397 e. The van der Waals surface area contributed by atoms with Crippen molar-refractivity contribution in [2.45, 2.75) is 6.92 Å². The van der Waals surface area contributed by atoms with Gasteiger partial charge in [-0.25, -0.2) is 9.97 Å². The van der Waals surface area contributed by atoms with Gasteiger partial charge in [0.1, 0.15) is 11.6 Å². The number of aryl methyl sites for hydroxylation is 1. The molecule has 5 heteroatoms. The maximum atomic E-state index is 5.60. The number of hydrogen-bond donors (Lipinski definition) is 2. The predicted molar refractivity (Wildman–Crippen MR) is 68.6 cm³/mol.